The molecule has 3 nitrogen and oxygen atoms in total. The highest BCUT2D eigenvalue weighted by Gasteiger charge is 2.48. The molecule has 2 aliphatic rings. The maximum Gasteiger partial charge on any atom is 0.226 e. The van der Waals surface area contributed by atoms with Gasteiger partial charge >= 0.3 is 0 Å². The van der Waals surface area contributed by atoms with Gasteiger partial charge in [0.2, 0.25) is 5.91 Å². The van der Waals surface area contributed by atoms with Crippen LogP contribution in [0.4, 0.5) is 8.78 Å². The first-order chi connectivity index (χ1) is 10.1. The van der Waals surface area contributed by atoms with Gasteiger partial charge in [0.25, 0.3) is 0 Å². The molecule has 1 heterocycles. The van der Waals surface area contributed by atoms with E-state index in [-0.39, 0.29) is 23.8 Å². The minimum atomic E-state index is -0.446. The van der Waals surface area contributed by atoms with E-state index < -0.39 is 11.6 Å². The number of likely N-dealkylation sites (tertiary alicyclic amines) is 1. The topological polar surface area (TPSA) is 32.3 Å². The van der Waals surface area contributed by atoms with Gasteiger partial charge in [-0.15, -0.1) is 0 Å². The lowest BCUT2D eigenvalue weighted by molar-refractivity contribution is -0.133. The van der Waals surface area contributed by atoms with E-state index in [1.54, 1.807) is 0 Å². The summed E-state index contributed by atoms with van der Waals surface area (Å²) in [4.78, 5) is 14.5. The van der Waals surface area contributed by atoms with Crippen molar-refractivity contribution >= 4 is 5.91 Å². The van der Waals surface area contributed by atoms with E-state index in [0.29, 0.717) is 12.0 Å². The van der Waals surface area contributed by atoms with Crippen LogP contribution in [0.1, 0.15) is 30.7 Å². The molecule has 2 fully saturated rings. The molecule has 1 saturated carbocycles. The van der Waals surface area contributed by atoms with Crippen molar-refractivity contribution in [2.75, 3.05) is 20.1 Å². The fourth-order valence-corrected chi connectivity index (χ4v) is 3.40. The molecule has 1 N–H and O–H groups in total. The lowest BCUT2D eigenvalue weighted by Crippen LogP contribution is -2.41. The number of carbonyl (C=O) groups excluding carboxylic acids is 1. The molecule has 0 radical (unpaired) electrons. The number of likely N-dealkylation sites (N-methyl/N-ethyl adjacent to an activating group) is 1. The predicted octanol–water partition coefficient (Wildman–Crippen LogP) is 2.28. The van der Waals surface area contributed by atoms with Crippen LogP contribution in [0.2, 0.25) is 0 Å². The Hall–Kier alpha value is -1.49. The SMILES string of the molecule is CNC[C@@H]1CCCN1C(=O)[C@@H]1C[C@@H]1c1cc(F)ccc1F. The van der Waals surface area contributed by atoms with Crippen LogP contribution in [0.25, 0.3) is 0 Å². The second-order valence-electron chi connectivity index (χ2n) is 6.00. The van der Waals surface area contributed by atoms with E-state index in [4.69, 9.17) is 0 Å². The summed E-state index contributed by atoms with van der Waals surface area (Å²) in [5.41, 5.74) is 0.345. The van der Waals surface area contributed by atoms with Crippen molar-refractivity contribution in [3.8, 4) is 0 Å². The molecular weight excluding hydrogens is 274 g/mol. The summed E-state index contributed by atoms with van der Waals surface area (Å²) < 4.78 is 27.0. The van der Waals surface area contributed by atoms with Crippen molar-refractivity contribution in [1.82, 2.24) is 10.2 Å². The molecule has 1 aromatic rings. The van der Waals surface area contributed by atoms with E-state index >= 15 is 0 Å². The fourth-order valence-electron chi connectivity index (χ4n) is 3.40. The maximum atomic E-state index is 13.8. The second-order valence-corrected chi connectivity index (χ2v) is 6.00. The zero-order chi connectivity index (χ0) is 15.0. The zero-order valence-electron chi connectivity index (χ0n) is 12.1. The molecule has 114 valence electrons. The van der Waals surface area contributed by atoms with Gasteiger partial charge in [0.05, 0.1) is 0 Å². The van der Waals surface area contributed by atoms with Crippen LogP contribution >= 0.6 is 0 Å². The first-order valence-electron chi connectivity index (χ1n) is 7.52. The molecule has 1 aromatic carbocycles. The summed E-state index contributed by atoms with van der Waals surface area (Å²) >= 11 is 0. The molecule has 1 saturated heterocycles. The van der Waals surface area contributed by atoms with Crippen LogP contribution in [0.15, 0.2) is 18.2 Å². The van der Waals surface area contributed by atoms with Gasteiger partial charge in [-0.25, -0.2) is 8.78 Å². The first-order valence-corrected chi connectivity index (χ1v) is 7.52. The minimum Gasteiger partial charge on any atom is -0.338 e. The normalized spacial score (nSPS) is 28.0. The standard InChI is InChI=1S/C16H20F2N2O/c1-19-9-11-3-2-6-20(11)16(21)14-8-12(14)13-7-10(17)4-5-15(13)18/h4-5,7,11-12,14,19H,2-3,6,8-9H2,1H3/t11-,12+,14+/m0/s1. The van der Waals surface area contributed by atoms with Crippen molar-refractivity contribution in [3.05, 3.63) is 35.4 Å². The molecule has 3 atom stereocenters. The third kappa shape index (κ3) is 2.79. The molecule has 0 aromatic heterocycles. The van der Waals surface area contributed by atoms with Crippen molar-refractivity contribution in [1.29, 1.82) is 0 Å². The quantitative estimate of drug-likeness (QED) is 0.924. The highest BCUT2D eigenvalue weighted by molar-refractivity contribution is 5.83. The number of carbonyl (C=O) groups is 1. The summed E-state index contributed by atoms with van der Waals surface area (Å²) in [6.07, 6.45) is 2.66. The van der Waals surface area contributed by atoms with Gasteiger partial charge in [0.15, 0.2) is 0 Å². The molecule has 3 rings (SSSR count). The molecule has 0 spiro atoms. The molecule has 5 heteroatoms. The Labute approximate surface area is 123 Å². The smallest absolute Gasteiger partial charge is 0.226 e. The molecular formula is C16H20F2N2O. The van der Waals surface area contributed by atoms with Gasteiger partial charge in [-0.3, -0.25) is 4.79 Å². The van der Waals surface area contributed by atoms with Gasteiger partial charge in [0.1, 0.15) is 11.6 Å². The third-order valence-corrected chi connectivity index (χ3v) is 4.57. The van der Waals surface area contributed by atoms with E-state index in [2.05, 4.69) is 5.32 Å². The van der Waals surface area contributed by atoms with Crippen LogP contribution in [0.5, 0.6) is 0 Å². The molecule has 21 heavy (non-hydrogen) atoms. The van der Waals surface area contributed by atoms with Crippen LogP contribution in [-0.2, 0) is 4.79 Å². The van der Waals surface area contributed by atoms with Crippen LogP contribution in [-0.4, -0.2) is 37.0 Å². The largest absolute Gasteiger partial charge is 0.338 e. The Morgan fingerprint density at radius 2 is 2.24 bits per heavy atom. The number of hydrogen-bond acceptors (Lipinski definition) is 2. The second kappa shape index (κ2) is 5.72. The number of nitrogens with one attached hydrogen (secondary N) is 1. The summed E-state index contributed by atoms with van der Waals surface area (Å²) in [5, 5.41) is 3.11. The fraction of sp³-hybridized carbons (Fsp3) is 0.562. The van der Waals surface area contributed by atoms with Gasteiger partial charge in [-0.1, -0.05) is 0 Å². The van der Waals surface area contributed by atoms with E-state index in [1.807, 2.05) is 11.9 Å². The highest BCUT2D eigenvalue weighted by atomic mass is 19.1. The van der Waals surface area contributed by atoms with Crippen molar-refractivity contribution in [2.45, 2.75) is 31.2 Å². The van der Waals surface area contributed by atoms with Gasteiger partial charge in [-0.05, 0) is 56.0 Å². The van der Waals surface area contributed by atoms with Crippen molar-refractivity contribution in [3.63, 3.8) is 0 Å². The monoisotopic (exact) mass is 294 g/mol. The van der Waals surface area contributed by atoms with E-state index in [1.165, 1.54) is 6.07 Å². The van der Waals surface area contributed by atoms with Crippen LogP contribution in [0.3, 0.4) is 0 Å². The molecule has 1 aliphatic heterocycles. The Morgan fingerprint density at radius 1 is 1.43 bits per heavy atom. The van der Waals surface area contributed by atoms with Crippen molar-refractivity contribution < 1.29 is 13.6 Å². The lowest BCUT2D eigenvalue weighted by atomic mass is 10.1. The van der Waals surface area contributed by atoms with Crippen LogP contribution < -0.4 is 5.32 Å². The Bertz CT molecular complexity index is 549. The van der Waals surface area contributed by atoms with Gasteiger partial charge < -0.3 is 10.2 Å². The average molecular weight is 294 g/mol. The van der Waals surface area contributed by atoms with Gasteiger partial charge in [-0.2, -0.15) is 0 Å². The zero-order valence-corrected chi connectivity index (χ0v) is 12.1. The third-order valence-electron chi connectivity index (χ3n) is 4.57. The first kappa shape index (κ1) is 14.4. The van der Waals surface area contributed by atoms with E-state index in [0.717, 1.165) is 38.1 Å². The summed E-state index contributed by atoms with van der Waals surface area (Å²) in [7, 11) is 1.88. The van der Waals surface area contributed by atoms with Crippen molar-refractivity contribution in [2.24, 2.45) is 5.92 Å². The average Bonchev–Trinajstić information content (AvgIpc) is 3.13. The number of hydrogen-bond donors (Lipinski definition) is 1. The van der Waals surface area contributed by atoms with Crippen LogP contribution in [0, 0.1) is 17.6 Å². The number of nitrogens with zero attached hydrogens (tertiary/aromatic N) is 1. The molecule has 1 aliphatic carbocycles. The Balaban J connectivity index is 1.69. The lowest BCUT2D eigenvalue weighted by Gasteiger charge is -2.24. The number of halogens is 2. The number of rotatable bonds is 4. The Morgan fingerprint density at radius 3 is 3.00 bits per heavy atom. The number of benzene rings is 1. The summed E-state index contributed by atoms with van der Waals surface area (Å²) in [5.74, 6) is -1.10. The molecule has 1 amide bonds. The predicted molar refractivity (Wildman–Crippen MR) is 75.9 cm³/mol. The molecule has 0 bridgehead atoms. The van der Waals surface area contributed by atoms with E-state index in [9.17, 15) is 13.6 Å². The summed E-state index contributed by atoms with van der Waals surface area (Å²) in [6, 6.07) is 3.72. The number of amides is 1. The van der Waals surface area contributed by atoms with Gasteiger partial charge in [0, 0.05) is 25.0 Å². The Kier molecular flexibility index (Phi) is 3.93. The molecule has 0 unspecified atom stereocenters. The summed E-state index contributed by atoms with van der Waals surface area (Å²) in [6.45, 7) is 1.57. The maximum absolute atomic E-state index is 13.8. The highest BCUT2D eigenvalue weighted by Crippen LogP contribution is 2.50. The minimum absolute atomic E-state index is 0.0985.